The van der Waals surface area contributed by atoms with E-state index in [1.807, 2.05) is 11.8 Å². The van der Waals surface area contributed by atoms with E-state index in [9.17, 15) is 0 Å². The van der Waals surface area contributed by atoms with Crippen LogP contribution in [-0.4, -0.2) is 36.9 Å². The summed E-state index contributed by atoms with van der Waals surface area (Å²) >= 11 is 1.99. The average Bonchev–Trinajstić information content (AvgIpc) is 2.99. The van der Waals surface area contributed by atoms with E-state index < -0.39 is 0 Å². The maximum Gasteiger partial charge on any atom is 0.104 e. The Kier molecular flexibility index (Phi) is 3.52. The topological polar surface area (TPSA) is 21.8 Å². The molecule has 0 N–H and O–H groups in total. The largest absolute Gasteiger partial charge is 0.375 e. The van der Waals surface area contributed by atoms with Gasteiger partial charge in [-0.3, -0.25) is 0 Å². The second-order valence-corrected chi connectivity index (χ2v) is 5.07. The number of hydrogen-bond donors (Lipinski definition) is 0. The van der Waals surface area contributed by atoms with Crippen LogP contribution in [0.2, 0.25) is 0 Å². The van der Waals surface area contributed by atoms with E-state index in [4.69, 9.17) is 9.47 Å². The predicted octanol–water partition coefficient (Wildman–Crippen LogP) is 2.08. The summed E-state index contributed by atoms with van der Waals surface area (Å²) in [4.78, 5) is 0. The number of hydrogen-bond acceptors (Lipinski definition) is 3. The van der Waals surface area contributed by atoms with Gasteiger partial charge in [-0.2, -0.15) is 11.8 Å². The summed E-state index contributed by atoms with van der Waals surface area (Å²) in [6.45, 7) is 1.74. The molecule has 0 aromatic rings. The van der Waals surface area contributed by atoms with Crippen LogP contribution >= 0.6 is 11.8 Å². The van der Waals surface area contributed by atoms with Crippen molar-refractivity contribution in [3.8, 4) is 0 Å². The van der Waals surface area contributed by atoms with Gasteiger partial charge in [0.1, 0.15) is 6.10 Å². The monoisotopic (exact) mass is 202 g/mol. The Morgan fingerprint density at radius 1 is 1.46 bits per heavy atom. The van der Waals surface area contributed by atoms with Crippen LogP contribution in [0.3, 0.4) is 0 Å². The van der Waals surface area contributed by atoms with Crippen LogP contribution in [0.15, 0.2) is 0 Å². The summed E-state index contributed by atoms with van der Waals surface area (Å²) in [5.41, 5.74) is 0. The van der Waals surface area contributed by atoms with Gasteiger partial charge in [0.2, 0.25) is 0 Å². The van der Waals surface area contributed by atoms with Crippen molar-refractivity contribution < 1.29 is 9.47 Å². The van der Waals surface area contributed by atoms with E-state index in [2.05, 4.69) is 6.26 Å². The minimum Gasteiger partial charge on any atom is -0.375 e. The van der Waals surface area contributed by atoms with Gasteiger partial charge >= 0.3 is 0 Å². The van der Waals surface area contributed by atoms with E-state index in [1.165, 1.54) is 25.7 Å². The van der Waals surface area contributed by atoms with Crippen molar-refractivity contribution in [1.29, 1.82) is 0 Å². The molecular formula is C10H18O2S. The SMILES string of the molecule is CSC1CCCC(OCC2CO2)C1. The maximum absolute atomic E-state index is 5.80. The van der Waals surface area contributed by atoms with E-state index in [0.717, 1.165) is 18.5 Å². The minimum atomic E-state index is 0.426. The van der Waals surface area contributed by atoms with Gasteiger partial charge in [-0.15, -0.1) is 0 Å². The number of rotatable bonds is 4. The lowest BCUT2D eigenvalue weighted by atomic mass is 9.97. The summed E-state index contributed by atoms with van der Waals surface area (Å²) in [5.74, 6) is 0. The highest BCUT2D eigenvalue weighted by molar-refractivity contribution is 7.99. The molecule has 2 rings (SSSR count). The Bertz CT molecular complexity index is 159. The van der Waals surface area contributed by atoms with E-state index in [0.29, 0.717) is 12.2 Å². The van der Waals surface area contributed by atoms with Gasteiger partial charge in [-0.1, -0.05) is 0 Å². The first kappa shape index (κ1) is 9.81. The third-order valence-corrected chi connectivity index (χ3v) is 3.93. The molecule has 1 aliphatic heterocycles. The Morgan fingerprint density at radius 3 is 3.00 bits per heavy atom. The zero-order chi connectivity index (χ0) is 9.10. The highest BCUT2D eigenvalue weighted by Gasteiger charge is 2.27. The third-order valence-electron chi connectivity index (χ3n) is 2.83. The van der Waals surface area contributed by atoms with E-state index >= 15 is 0 Å². The van der Waals surface area contributed by atoms with Crippen molar-refractivity contribution in [2.75, 3.05) is 19.5 Å². The van der Waals surface area contributed by atoms with Crippen molar-refractivity contribution in [2.24, 2.45) is 0 Å². The molecule has 0 aromatic heterocycles. The molecule has 2 nitrogen and oxygen atoms in total. The fraction of sp³-hybridized carbons (Fsp3) is 1.00. The fourth-order valence-electron chi connectivity index (χ4n) is 1.88. The van der Waals surface area contributed by atoms with E-state index in [1.54, 1.807) is 0 Å². The van der Waals surface area contributed by atoms with Gasteiger partial charge in [0.05, 0.1) is 19.3 Å². The summed E-state index contributed by atoms with van der Waals surface area (Å²) in [7, 11) is 0. The third kappa shape index (κ3) is 3.15. The second-order valence-electron chi connectivity index (χ2n) is 3.94. The van der Waals surface area contributed by atoms with Crippen LogP contribution in [-0.2, 0) is 9.47 Å². The molecule has 1 saturated heterocycles. The highest BCUT2D eigenvalue weighted by Crippen LogP contribution is 2.29. The molecule has 0 aromatic carbocycles. The first-order valence-electron chi connectivity index (χ1n) is 5.14. The Labute approximate surface area is 84.4 Å². The van der Waals surface area contributed by atoms with Crippen molar-refractivity contribution in [3.05, 3.63) is 0 Å². The number of ether oxygens (including phenoxy) is 2. The molecule has 0 amide bonds. The molecule has 1 heterocycles. The van der Waals surface area contributed by atoms with Gasteiger partial charge in [0, 0.05) is 5.25 Å². The molecular weight excluding hydrogens is 184 g/mol. The van der Waals surface area contributed by atoms with Gasteiger partial charge in [0.15, 0.2) is 0 Å². The molecule has 1 aliphatic carbocycles. The standard InChI is InChI=1S/C10H18O2S/c1-13-10-4-2-3-8(5-10)11-6-9-7-12-9/h8-10H,2-7H2,1H3. The molecule has 1 saturated carbocycles. The average molecular weight is 202 g/mol. The van der Waals surface area contributed by atoms with Crippen LogP contribution in [0.25, 0.3) is 0 Å². The molecule has 2 fully saturated rings. The first-order chi connectivity index (χ1) is 6.38. The maximum atomic E-state index is 5.80. The summed E-state index contributed by atoms with van der Waals surface area (Å²) in [6, 6.07) is 0. The number of thioether (sulfide) groups is 1. The second kappa shape index (κ2) is 4.67. The van der Waals surface area contributed by atoms with Crippen molar-refractivity contribution >= 4 is 11.8 Å². The summed E-state index contributed by atoms with van der Waals surface area (Å²) in [5, 5.41) is 0.832. The summed E-state index contributed by atoms with van der Waals surface area (Å²) < 4.78 is 10.9. The Balaban J connectivity index is 1.65. The highest BCUT2D eigenvalue weighted by atomic mass is 32.2. The van der Waals surface area contributed by atoms with Crippen molar-refractivity contribution in [3.63, 3.8) is 0 Å². The van der Waals surface area contributed by atoms with E-state index in [-0.39, 0.29) is 0 Å². The fourth-order valence-corrected chi connectivity index (χ4v) is 2.68. The molecule has 3 unspecified atom stereocenters. The Morgan fingerprint density at radius 2 is 2.31 bits per heavy atom. The molecule has 3 heteroatoms. The number of epoxide rings is 1. The lowest BCUT2D eigenvalue weighted by Crippen LogP contribution is -2.25. The lowest BCUT2D eigenvalue weighted by Gasteiger charge is -2.27. The summed E-state index contributed by atoms with van der Waals surface area (Å²) in [6.07, 6.45) is 8.35. The van der Waals surface area contributed by atoms with Crippen LogP contribution in [0.1, 0.15) is 25.7 Å². The normalized spacial score (nSPS) is 39.0. The molecule has 3 atom stereocenters. The molecule has 13 heavy (non-hydrogen) atoms. The van der Waals surface area contributed by atoms with Crippen LogP contribution in [0.4, 0.5) is 0 Å². The lowest BCUT2D eigenvalue weighted by molar-refractivity contribution is 0.0215. The first-order valence-corrected chi connectivity index (χ1v) is 6.43. The van der Waals surface area contributed by atoms with Gasteiger partial charge in [-0.05, 0) is 31.9 Å². The minimum absolute atomic E-state index is 0.426. The molecule has 2 aliphatic rings. The zero-order valence-corrected chi connectivity index (χ0v) is 9.02. The van der Waals surface area contributed by atoms with Gasteiger partial charge in [-0.25, -0.2) is 0 Å². The zero-order valence-electron chi connectivity index (χ0n) is 8.20. The quantitative estimate of drug-likeness (QED) is 0.651. The smallest absolute Gasteiger partial charge is 0.104 e. The van der Waals surface area contributed by atoms with Gasteiger partial charge in [0.25, 0.3) is 0 Å². The van der Waals surface area contributed by atoms with Gasteiger partial charge < -0.3 is 9.47 Å². The van der Waals surface area contributed by atoms with Crippen LogP contribution in [0.5, 0.6) is 0 Å². The molecule has 0 radical (unpaired) electrons. The van der Waals surface area contributed by atoms with Crippen molar-refractivity contribution in [1.82, 2.24) is 0 Å². The van der Waals surface area contributed by atoms with Crippen LogP contribution < -0.4 is 0 Å². The molecule has 0 bridgehead atoms. The molecule has 76 valence electrons. The Hall–Kier alpha value is 0.270. The van der Waals surface area contributed by atoms with Crippen LogP contribution in [0, 0.1) is 0 Å². The van der Waals surface area contributed by atoms with Crippen molar-refractivity contribution in [2.45, 2.75) is 43.1 Å². The predicted molar refractivity (Wildman–Crippen MR) is 55.3 cm³/mol. The molecule has 0 spiro atoms.